The molecule has 3 saturated carbocycles. The molecule has 6 aromatic heterocycles. The smallest absolute Gasteiger partial charge is 0.412 e. The molecule has 10 N–H and O–H groups in total. The maximum Gasteiger partial charge on any atom is 0.412 e. The molecule has 0 bridgehead atoms. The Morgan fingerprint density at radius 3 is 1.39 bits per heavy atom. The second-order valence-corrected chi connectivity index (χ2v) is 17.8. The fourth-order valence-electron chi connectivity index (χ4n) is 9.64. The van der Waals surface area contributed by atoms with E-state index >= 15 is 0 Å². The number of imidazole rings is 4. The van der Waals surface area contributed by atoms with Gasteiger partial charge in [-0.2, -0.15) is 19.9 Å². The van der Waals surface area contributed by atoms with Gasteiger partial charge in [0, 0.05) is 62.8 Å². The van der Waals surface area contributed by atoms with Crippen LogP contribution in [0.2, 0.25) is 0 Å². The zero-order valence-electron chi connectivity index (χ0n) is 39.2. The number of alkyl carbamates (subject to hydrolysis) is 2. The molecule has 0 radical (unpaired) electrons. The van der Waals surface area contributed by atoms with Crippen LogP contribution < -0.4 is 31.9 Å². The first-order valence-electron chi connectivity index (χ1n) is 23.6. The molecular weight excluding hydrogens is 933 g/mol. The number of aliphatic hydroxyl groups is 4. The van der Waals surface area contributed by atoms with E-state index < -0.39 is 60.8 Å². The number of carbonyl (C=O) groups excluding carboxylic acids is 2. The van der Waals surface area contributed by atoms with Gasteiger partial charge in [0.05, 0.1) is 73.4 Å². The molecule has 8 atom stereocenters. The van der Waals surface area contributed by atoms with E-state index in [1.54, 1.807) is 56.0 Å². The highest BCUT2D eigenvalue weighted by molar-refractivity contribution is 5.85. The number of hydrogen-bond donors (Lipinski definition) is 10. The zero-order valence-corrected chi connectivity index (χ0v) is 39.2. The third kappa shape index (κ3) is 10.6. The Morgan fingerprint density at radius 2 is 1.01 bits per heavy atom. The van der Waals surface area contributed by atoms with Gasteiger partial charge in [-0.1, -0.05) is 26.3 Å². The van der Waals surface area contributed by atoms with E-state index in [2.05, 4.69) is 68.2 Å². The van der Waals surface area contributed by atoms with Crippen LogP contribution in [0.5, 0.6) is 0 Å². The fourth-order valence-corrected chi connectivity index (χ4v) is 9.64. The normalized spacial score (nSPS) is 24.9. The summed E-state index contributed by atoms with van der Waals surface area (Å²) in [6.07, 6.45) is 13.1. The Balaban J connectivity index is 0.927. The maximum atomic E-state index is 12.2. The monoisotopic (exact) mass is 990 g/mol. The van der Waals surface area contributed by atoms with Crippen molar-refractivity contribution in [1.29, 1.82) is 0 Å². The molecule has 0 aromatic carbocycles. The number of nitrogens with one attached hydrogen (secondary N) is 6. The average molecular weight is 991 g/mol. The van der Waals surface area contributed by atoms with Gasteiger partial charge in [-0.25, -0.2) is 29.5 Å². The fraction of sp³-hybridized carbons (Fsp3) is 0.435. The lowest BCUT2D eigenvalue weighted by Crippen LogP contribution is -2.42. The van der Waals surface area contributed by atoms with Crippen molar-refractivity contribution in [1.82, 2.24) is 68.8 Å². The molecule has 6 aromatic rings. The maximum absolute atomic E-state index is 12.2. The largest absolute Gasteiger partial charge is 0.419 e. The summed E-state index contributed by atoms with van der Waals surface area (Å²) < 4.78 is 16.5. The molecule has 0 spiro atoms. The van der Waals surface area contributed by atoms with Crippen LogP contribution in [0, 0.1) is 0 Å². The molecule has 3 aliphatic rings. The number of nitrogens with zero attached hydrogens (tertiary/aromatic N) is 12. The van der Waals surface area contributed by atoms with Crippen LogP contribution in [0.3, 0.4) is 0 Å². The van der Waals surface area contributed by atoms with Crippen molar-refractivity contribution in [3.05, 3.63) is 87.9 Å². The first kappa shape index (κ1) is 49.1. The molecule has 26 nitrogen and oxygen atoms in total. The standard InChI is InChI=1S/C46H58N18O8/c1-5-61-19-27(49-21-61)13-15-47-43-57-39(33-41(59-43)63(23-51-33)31-17-29(35(65)37(31)67)55-45(69)71-7-3)53-25-9-11-26(12-10-25)54-40-34-42(60-44(58-40)48-16-14-28-20-62(6-2)22-50-28)64(24-52-34)32-18-30(36(66)38(32)68)56-46(70)72-8-4/h5-8,19-26,29-32,35-38,65-68H,1-4,9-18H2,(H,55,69)(H,56,70)(H2,47,53,57,59)(H2,48,54,58,60)/t25?,26?,29-,30-,31+,32+,35+,36+,37-,38-/m0/s1. The van der Waals surface area contributed by atoms with Crippen LogP contribution in [0.1, 0.15) is 62.0 Å². The number of carbonyl (C=O) groups is 2. The van der Waals surface area contributed by atoms with Crippen LogP contribution >= 0.6 is 0 Å². The Morgan fingerprint density at radius 1 is 0.597 bits per heavy atom. The summed E-state index contributed by atoms with van der Waals surface area (Å²) in [7, 11) is 0. The molecule has 6 heterocycles. The van der Waals surface area contributed by atoms with Gasteiger partial charge in [-0.15, -0.1) is 0 Å². The molecule has 2 amide bonds. The van der Waals surface area contributed by atoms with Gasteiger partial charge in [-0.05, 0) is 38.5 Å². The van der Waals surface area contributed by atoms with Crippen molar-refractivity contribution < 1.29 is 39.5 Å². The number of aliphatic hydroxyl groups excluding tert-OH is 4. The van der Waals surface area contributed by atoms with Gasteiger partial charge in [0.1, 0.15) is 24.4 Å². The van der Waals surface area contributed by atoms with Gasteiger partial charge in [0.15, 0.2) is 34.0 Å². The highest BCUT2D eigenvalue weighted by Gasteiger charge is 2.45. The van der Waals surface area contributed by atoms with Crippen molar-refractivity contribution in [2.75, 3.05) is 34.4 Å². The predicted molar refractivity (Wildman–Crippen MR) is 264 cm³/mol. The molecular formula is C46H58N18O8. The summed E-state index contributed by atoms with van der Waals surface area (Å²) in [6, 6.07) is -3.09. The SMILES string of the molecule is C=COC(=O)N[C@H]1C[C@@H](n2cnc3c(NC4CCC(Nc5nc(NCCc6cn(C=C)cn6)nc6c5ncn6[C@@H]5C[C@H](NC(=O)OC=C)[C@@H](O)[C@H]5O)CC4)nc(NCCc4cn(C=C)cn4)nc32)[C@H](O)[C@@H]1O. The highest BCUT2D eigenvalue weighted by Crippen LogP contribution is 2.37. The van der Waals surface area contributed by atoms with Crippen molar-refractivity contribution in [2.45, 2.75) is 112 Å². The highest BCUT2D eigenvalue weighted by atomic mass is 16.5. The number of ether oxygens (including phenoxy) is 2. The van der Waals surface area contributed by atoms with Crippen molar-refractivity contribution >= 4 is 70.4 Å². The van der Waals surface area contributed by atoms with Crippen LogP contribution in [0.4, 0.5) is 33.1 Å². The third-order valence-corrected chi connectivity index (χ3v) is 13.3. The summed E-state index contributed by atoms with van der Waals surface area (Å²) in [5.74, 6) is 1.59. The summed E-state index contributed by atoms with van der Waals surface area (Å²) in [4.78, 5) is 62.1. The first-order chi connectivity index (χ1) is 34.9. The summed E-state index contributed by atoms with van der Waals surface area (Å²) in [6.45, 7) is 15.2. The van der Waals surface area contributed by atoms with Crippen LogP contribution in [0.25, 0.3) is 34.7 Å². The molecule has 3 fully saturated rings. The molecule has 380 valence electrons. The quantitative estimate of drug-likeness (QED) is 0.0491. The van der Waals surface area contributed by atoms with Crippen molar-refractivity contribution in [3.63, 3.8) is 0 Å². The van der Waals surface area contributed by atoms with E-state index in [0.29, 0.717) is 71.8 Å². The van der Waals surface area contributed by atoms with Crippen LogP contribution in [-0.2, 0) is 22.3 Å². The third-order valence-electron chi connectivity index (χ3n) is 13.3. The minimum Gasteiger partial charge on any atom is -0.419 e. The first-order valence-corrected chi connectivity index (χ1v) is 23.6. The number of aromatic nitrogens is 12. The Labute approximate surface area is 412 Å². The van der Waals surface area contributed by atoms with Gasteiger partial charge in [-0.3, -0.25) is 0 Å². The Hall–Kier alpha value is -7.94. The van der Waals surface area contributed by atoms with Crippen molar-refractivity contribution in [2.24, 2.45) is 0 Å². The lowest BCUT2D eigenvalue weighted by atomic mass is 9.91. The summed E-state index contributed by atoms with van der Waals surface area (Å²) >= 11 is 0. The molecule has 72 heavy (non-hydrogen) atoms. The lowest BCUT2D eigenvalue weighted by Gasteiger charge is -2.30. The summed E-state index contributed by atoms with van der Waals surface area (Å²) in [5, 5.41) is 63.4. The number of anilines is 4. The van der Waals surface area contributed by atoms with E-state index in [-0.39, 0.29) is 24.9 Å². The second kappa shape index (κ2) is 21.6. The molecule has 26 heteroatoms. The average Bonchev–Trinajstić information content (AvgIpc) is 4.25. The van der Waals surface area contributed by atoms with Crippen molar-refractivity contribution in [3.8, 4) is 0 Å². The van der Waals surface area contributed by atoms with Crippen LogP contribution in [0.15, 0.2) is 76.5 Å². The van der Waals surface area contributed by atoms with Gasteiger partial charge in [0.2, 0.25) is 11.9 Å². The lowest BCUT2D eigenvalue weighted by molar-refractivity contribution is 0.0145. The van der Waals surface area contributed by atoms with E-state index in [1.165, 1.54) is 0 Å². The van der Waals surface area contributed by atoms with E-state index in [0.717, 1.165) is 49.6 Å². The number of fused-ring (bicyclic) bond motifs is 2. The van der Waals surface area contributed by atoms with E-state index in [1.807, 2.05) is 12.4 Å². The summed E-state index contributed by atoms with van der Waals surface area (Å²) in [5.41, 5.74) is 3.43. The number of hydrogen-bond acceptors (Lipinski definition) is 20. The zero-order chi connectivity index (χ0) is 50.5. The molecule has 0 unspecified atom stereocenters. The van der Waals surface area contributed by atoms with Gasteiger partial charge in [0.25, 0.3) is 0 Å². The van der Waals surface area contributed by atoms with E-state index in [4.69, 9.17) is 39.4 Å². The minimum atomic E-state index is -1.29. The molecule has 0 saturated heterocycles. The second-order valence-electron chi connectivity index (χ2n) is 17.8. The Bertz CT molecular complexity index is 2730. The minimum absolute atomic E-state index is 0.0302. The number of rotatable bonds is 20. The van der Waals surface area contributed by atoms with Crippen LogP contribution in [-0.4, -0.2) is 152 Å². The Kier molecular flexibility index (Phi) is 14.7. The predicted octanol–water partition coefficient (Wildman–Crippen LogP) is 2.51. The number of amides is 2. The van der Waals surface area contributed by atoms with Gasteiger partial charge < -0.3 is 80.1 Å². The van der Waals surface area contributed by atoms with Gasteiger partial charge >= 0.3 is 12.2 Å². The van der Waals surface area contributed by atoms with E-state index in [9.17, 15) is 30.0 Å². The molecule has 0 aliphatic heterocycles. The molecule has 3 aliphatic carbocycles. The topological polar surface area (TPSA) is 329 Å². The molecule has 9 rings (SSSR count).